The molecule has 0 amide bonds. The normalized spacial score (nSPS) is 11.9. The minimum Gasteiger partial charge on any atom is -0.298 e. The van der Waals surface area contributed by atoms with E-state index in [0.717, 1.165) is 0 Å². The third-order valence-electron chi connectivity index (χ3n) is 1.69. The van der Waals surface area contributed by atoms with Gasteiger partial charge in [-0.15, -0.1) is 0 Å². The van der Waals surface area contributed by atoms with Crippen LogP contribution in [0.2, 0.25) is 0 Å². The number of nitrogens with zero attached hydrogens (tertiary/aromatic N) is 1. The second-order valence-electron chi connectivity index (χ2n) is 2.72. The van der Waals surface area contributed by atoms with E-state index < -0.39 is 33.1 Å². The Morgan fingerprint density at radius 1 is 1.38 bits per heavy atom. The molecule has 1 rings (SSSR count). The van der Waals surface area contributed by atoms with E-state index >= 15 is 0 Å². The van der Waals surface area contributed by atoms with Crippen LogP contribution in [0.25, 0.3) is 0 Å². The molecule has 1 aromatic rings. The average molecular weight is 351 g/mol. The second kappa shape index (κ2) is 4.60. The molecule has 0 bridgehead atoms. The van der Waals surface area contributed by atoms with E-state index in [1.165, 1.54) is 22.6 Å². The first-order valence-corrected chi connectivity index (χ1v) is 4.86. The fourth-order valence-corrected chi connectivity index (χ4v) is 1.68. The summed E-state index contributed by atoms with van der Waals surface area (Å²) in [5.41, 5.74) is -2.90. The van der Waals surface area contributed by atoms with Gasteiger partial charge in [-0.25, -0.2) is 13.8 Å². The van der Waals surface area contributed by atoms with Gasteiger partial charge in [0.05, 0.1) is 5.56 Å². The predicted molar refractivity (Wildman–Crippen MR) is 52.3 cm³/mol. The van der Waals surface area contributed by atoms with Crippen LogP contribution in [0.5, 0.6) is 0 Å². The fourth-order valence-electron chi connectivity index (χ4n) is 0.985. The van der Waals surface area contributed by atoms with Crippen LogP contribution in [0, 0.1) is 3.70 Å². The van der Waals surface area contributed by atoms with Gasteiger partial charge in [-0.05, 0) is 28.7 Å². The second-order valence-corrected chi connectivity index (χ2v) is 3.74. The molecule has 2 nitrogen and oxygen atoms in total. The topological polar surface area (TPSA) is 30.0 Å². The molecule has 0 radical (unpaired) electrons. The quantitative estimate of drug-likeness (QED) is 0.354. The number of carbonyl (C=O) groups excluding carboxylic acids is 1. The van der Waals surface area contributed by atoms with Crippen LogP contribution in [0.4, 0.5) is 22.0 Å². The van der Waals surface area contributed by atoms with Gasteiger partial charge in [0, 0.05) is 5.56 Å². The van der Waals surface area contributed by atoms with Gasteiger partial charge in [0.15, 0.2) is 6.29 Å². The van der Waals surface area contributed by atoms with Crippen molar-refractivity contribution in [2.75, 3.05) is 0 Å². The van der Waals surface area contributed by atoms with E-state index in [0.29, 0.717) is 0 Å². The summed E-state index contributed by atoms with van der Waals surface area (Å²) in [4.78, 5) is 13.5. The van der Waals surface area contributed by atoms with Crippen LogP contribution < -0.4 is 0 Å². The van der Waals surface area contributed by atoms with Crippen LogP contribution in [-0.4, -0.2) is 11.3 Å². The zero-order valence-corrected chi connectivity index (χ0v) is 9.51. The molecule has 0 aliphatic carbocycles. The molecule has 0 saturated carbocycles. The number of aldehydes is 1. The van der Waals surface area contributed by atoms with Gasteiger partial charge >= 0.3 is 6.18 Å². The van der Waals surface area contributed by atoms with Crippen molar-refractivity contribution in [3.63, 3.8) is 0 Å². The highest BCUT2D eigenvalue weighted by Crippen LogP contribution is 2.33. The van der Waals surface area contributed by atoms with Crippen molar-refractivity contribution in [3.05, 3.63) is 26.6 Å². The molecule has 0 aromatic carbocycles. The summed E-state index contributed by atoms with van der Waals surface area (Å²) < 4.78 is 61.2. The standard InChI is InChI=1S/C8H3F5INO/c9-6(10)3-1-5(8(11,12)13)15-7(14)4(3)2-16/h1-2,6H. The lowest BCUT2D eigenvalue weighted by atomic mass is 10.1. The van der Waals surface area contributed by atoms with Crippen LogP contribution >= 0.6 is 22.6 Å². The molecular weight excluding hydrogens is 348 g/mol. The average Bonchev–Trinajstić information content (AvgIpc) is 2.14. The molecule has 1 aromatic heterocycles. The number of alkyl halides is 5. The Morgan fingerprint density at radius 2 is 1.94 bits per heavy atom. The van der Waals surface area contributed by atoms with Gasteiger partial charge in [0.25, 0.3) is 6.43 Å². The molecule has 0 saturated heterocycles. The Balaban J connectivity index is 3.46. The van der Waals surface area contributed by atoms with E-state index in [2.05, 4.69) is 4.98 Å². The van der Waals surface area contributed by atoms with Crippen molar-refractivity contribution in [1.29, 1.82) is 0 Å². The lowest BCUT2D eigenvalue weighted by Crippen LogP contribution is -2.12. The third-order valence-corrected chi connectivity index (χ3v) is 2.51. The maximum Gasteiger partial charge on any atom is 0.433 e. The van der Waals surface area contributed by atoms with E-state index in [-0.39, 0.29) is 12.4 Å². The van der Waals surface area contributed by atoms with Crippen LogP contribution in [0.15, 0.2) is 6.07 Å². The summed E-state index contributed by atoms with van der Waals surface area (Å²) in [7, 11) is 0. The maximum atomic E-state index is 12.4. The SMILES string of the molecule is O=Cc1c(C(F)F)cc(C(F)(F)F)nc1I. The third kappa shape index (κ3) is 2.66. The lowest BCUT2D eigenvalue weighted by Gasteiger charge is -2.10. The summed E-state index contributed by atoms with van der Waals surface area (Å²) >= 11 is 1.31. The van der Waals surface area contributed by atoms with Gasteiger partial charge in [0.1, 0.15) is 9.39 Å². The molecule has 0 N–H and O–H groups in total. The van der Waals surface area contributed by atoms with Gasteiger partial charge in [0.2, 0.25) is 0 Å². The lowest BCUT2D eigenvalue weighted by molar-refractivity contribution is -0.141. The van der Waals surface area contributed by atoms with E-state index in [4.69, 9.17) is 0 Å². The summed E-state index contributed by atoms with van der Waals surface area (Å²) in [6.45, 7) is 0. The van der Waals surface area contributed by atoms with Gasteiger partial charge in [-0.3, -0.25) is 4.79 Å². The van der Waals surface area contributed by atoms with Crippen molar-refractivity contribution in [1.82, 2.24) is 4.98 Å². The van der Waals surface area contributed by atoms with Crippen molar-refractivity contribution >= 4 is 28.9 Å². The molecular formula is C8H3F5INO. The number of halogens is 6. The largest absolute Gasteiger partial charge is 0.433 e. The molecule has 88 valence electrons. The molecule has 16 heavy (non-hydrogen) atoms. The zero-order valence-electron chi connectivity index (χ0n) is 7.36. The first-order chi connectivity index (χ1) is 7.27. The number of carbonyl (C=O) groups is 1. The smallest absolute Gasteiger partial charge is 0.298 e. The minimum atomic E-state index is -4.81. The van der Waals surface area contributed by atoms with Gasteiger partial charge < -0.3 is 0 Å². The number of hydrogen-bond acceptors (Lipinski definition) is 2. The minimum absolute atomic E-state index is 0.0659. The summed E-state index contributed by atoms with van der Waals surface area (Å²) in [5, 5.41) is 0. The van der Waals surface area contributed by atoms with Crippen LogP contribution in [0.1, 0.15) is 28.0 Å². The maximum absolute atomic E-state index is 12.4. The van der Waals surface area contributed by atoms with E-state index in [9.17, 15) is 26.7 Å². The first-order valence-electron chi connectivity index (χ1n) is 3.78. The molecule has 0 spiro atoms. The zero-order chi connectivity index (χ0) is 12.5. The number of hydrogen-bond donors (Lipinski definition) is 0. The monoisotopic (exact) mass is 351 g/mol. The first kappa shape index (κ1) is 13.3. The summed E-state index contributed by atoms with van der Waals surface area (Å²) in [5.74, 6) is 0. The highest BCUT2D eigenvalue weighted by molar-refractivity contribution is 14.1. The number of pyridine rings is 1. The van der Waals surface area contributed by atoms with Crippen molar-refractivity contribution in [3.8, 4) is 0 Å². The Labute approximate surface area is 100.0 Å². The van der Waals surface area contributed by atoms with Crippen molar-refractivity contribution < 1.29 is 26.7 Å². The molecule has 0 aliphatic rings. The van der Waals surface area contributed by atoms with E-state index in [1.807, 2.05) is 0 Å². The molecule has 0 unspecified atom stereocenters. The number of aromatic nitrogens is 1. The Morgan fingerprint density at radius 3 is 2.31 bits per heavy atom. The summed E-state index contributed by atoms with van der Waals surface area (Å²) in [6.07, 6.45) is -7.90. The predicted octanol–water partition coefficient (Wildman–Crippen LogP) is 3.46. The van der Waals surface area contributed by atoms with Gasteiger partial charge in [-0.2, -0.15) is 13.2 Å². The summed E-state index contributed by atoms with van der Waals surface area (Å²) in [6, 6.07) is 0.191. The van der Waals surface area contributed by atoms with Gasteiger partial charge in [-0.1, -0.05) is 0 Å². The molecule has 0 fully saturated rings. The highest BCUT2D eigenvalue weighted by atomic mass is 127. The van der Waals surface area contributed by atoms with E-state index in [1.54, 1.807) is 0 Å². The highest BCUT2D eigenvalue weighted by Gasteiger charge is 2.35. The molecule has 8 heteroatoms. The van der Waals surface area contributed by atoms with Crippen LogP contribution in [0.3, 0.4) is 0 Å². The Kier molecular flexibility index (Phi) is 3.81. The number of rotatable bonds is 2. The fraction of sp³-hybridized carbons (Fsp3) is 0.250. The van der Waals surface area contributed by atoms with Crippen molar-refractivity contribution in [2.45, 2.75) is 12.6 Å². The molecule has 1 heterocycles. The van der Waals surface area contributed by atoms with Crippen molar-refractivity contribution in [2.24, 2.45) is 0 Å². The Bertz CT molecular complexity index is 418. The molecule has 0 aliphatic heterocycles. The van der Waals surface area contributed by atoms with Crippen LogP contribution in [-0.2, 0) is 6.18 Å². The molecule has 0 atom stereocenters. The Hall–Kier alpha value is -0.800.